The second kappa shape index (κ2) is 8.66. The first-order valence-corrected chi connectivity index (χ1v) is 7.12. The van der Waals surface area contributed by atoms with Gasteiger partial charge in [0.2, 0.25) is 0 Å². The predicted octanol–water partition coefficient (Wildman–Crippen LogP) is -0.492. The van der Waals surface area contributed by atoms with Crippen LogP contribution in [0.2, 0.25) is 0 Å². The Morgan fingerprint density at radius 1 is 1.35 bits per heavy atom. The van der Waals surface area contributed by atoms with Crippen molar-refractivity contribution in [3.05, 3.63) is 0 Å². The van der Waals surface area contributed by atoms with Gasteiger partial charge in [0.05, 0.1) is 32.7 Å². The molecule has 1 fully saturated rings. The summed E-state index contributed by atoms with van der Waals surface area (Å²) in [6, 6.07) is 0. The normalized spacial score (nSPS) is 17.2. The number of hydrogen-bond acceptors (Lipinski definition) is 2. The van der Waals surface area contributed by atoms with E-state index in [1.807, 2.05) is 6.92 Å². The second-order valence-electron chi connectivity index (χ2n) is 4.37. The Morgan fingerprint density at radius 2 is 2.06 bits per heavy atom. The molecule has 0 aromatic heterocycles. The van der Waals surface area contributed by atoms with Crippen LogP contribution in [0.1, 0.15) is 20.3 Å². The molecular weight excluding hydrogens is 234 g/mol. The molecule has 1 saturated heterocycles. The number of nitrogens with one attached hydrogen (secondary N) is 2. The summed E-state index contributed by atoms with van der Waals surface area (Å²) in [4.78, 5) is 3.97. The van der Waals surface area contributed by atoms with Gasteiger partial charge in [-0.05, 0) is 32.5 Å². The molecule has 0 amide bonds. The average Bonchev–Trinajstić information content (AvgIpc) is 2.38. The number of hydrogen-bond donors (Lipinski definition) is 2. The summed E-state index contributed by atoms with van der Waals surface area (Å²) in [6.07, 6.45) is 1.02. The number of piperazine rings is 1. The van der Waals surface area contributed by atoms with E-state index in [0.29, 0.717) is 0 Å². The molecule has 1 heterocycles. The van der Waals surface area contributed by atoms with Gasteiger partial charge in [-0.2, -0.15) is 0 Å². The van der Waals surface area contributed by atoms with Gasteiger partial charge in [-0.25, -0.2) is 0 Å². The van der Waals surface area contributed by atoms with E-state index >= 15 is 0 Å². The van der Waals surface area contributed by atoms with E-state index in [1.54, 1.807) is 4.90 Å². The summed E-state index contributed by atoms with van der Waals surface area (Å²) in [5, 5.41) is 4.23. The molecule has 0 spiro atoms. The summed E-state index contributed by atoms with van der Waals surface area (Å²) < 4.78 is 5.29. The summed E-state index contributed by atoms with van der Waals surface area (Å²) >= 11 is 5.39. The Bertz CT molecular complexity index is 218. The molecule has 0 radical (unpaired) electrons. The van der Waals surface area contributed by atoms with E-state index < -0.39 is 0 Å². The maximum Gasteiger partial charge on any atom is 0.169 e. The van der Waals surface area contributed by atoms with Crippen LogP contribution in [0.25, 0.3) is 0 Å². The van der Waals surface area contributed by atoms with Crippen LogP contribution in [-0.4, -0.2) is 62.5 Å². The Kier molecular flexibility index (Phi) is 7.48. The zero-order valence-corrected chi connectivity index (χ0v) is 11.9. The van der Waals surface area contributed by atoms with Crippen molar-refractivity contribution >= 4 is 17.3 Å². The van der Waals surface area contributed by atoms with Crippen molar-refractivity contribution in [2.75, 3.05) is 52.5 Å². The third-order valence-electron chi connectivity index (χ3n) is 3.20. The van der Waals surface area contributed by atoms with E-state index in [4.69, 9.17) is 17.0 Å². The molecular formula is C12H26N3OS+. The summed E-state index contributed by atoms with van der Waals surface area (Å²) in [5.74, 6) is 0. The monoisotopic (exact) mass is 260 g/mol. The molecule has 0 saturated carbocycles. The Morgan fingerprint density at radius 3 is 2.65 bits per heavy atom. The lowest BCUT2D eigenvalue weighted by Crippen LogP contribution is -3.14. The summed E-state index contributed by atoms with van der Waals surface area (Å²) in [5.41, 5.74) is 0. The predicted molar refractivity (Wildman–Crippen MR) is 74.5 cm³/mol. The van der Waals surface area contributed by atoms with Gasteiger partial charge in [-0.3, -0.25) is 0 Å². The summed E-state index contributed by atoms with van der Waals surface area (Å²) in [7, 11) is 0. The average molecular weight is 260 g/mol. The van der Waals surface area contributed by atoms with Crippen LogP contribution in [0.3, 0.4) is 0 Å². The highest BCUT2D eigenvalue weighted by Crippen LogP contribution is 1.91. The molecule has 0 bridgehead atoms. The van der Waals surface area contributed by atoms with E-state index in [9.17, 15) is 0 Å². The molecule has 0 atom stereocenters. The Balaban J connectivity index is 2.08. The zero-order valence-electron chi connectivity index (χ0n) is 11.1. The maximum atomic E-state index is 5.39. The van der Waals surface area contributed by atoms with Crippen LogP contribution in [0, 0.1) is 0 Å². The van der Waals surface area contributed by atoms with Crippen molar-refractivity contribution in [3.63, 3.8) is 0 Å². The molecule has 4 nitrogen and oxygen atoms in total. The fourth-order valence-electron chi connectivity index (χ4n) is 2.01. The molecule has 1 aliphatic heterocycles. The number of ether oxygens (including phenoxy) is 1. The minimum Gasteiger partial charge on any atom is -0.382 e. The number of thiocarbonyl (C=S) groups is 1. The van der Waals surface area contributed by atoms with Crippen LogP contribution >= 0.6 is 12.2 Å². The highest BCUT2D eigenvalue weighted by atomic mass is 32.1. The van der Waals surface area contributed by atoms with Crippen molar-refractivity contribution < 1.29 is 9.64 Å². The molecule has 100 valence electrons. The van der Waals surface area contributed by atoms with Crippen molar-refractivity contribution in [1.82, 2.24) is 10.2 Å². The molecule has 0 aromatic carbocycles. The minimum absolute atomic E-state index is 0.798. The quantitative estimate of drug-likeness (QED) is 0.498. The lowest BCUT2D eigenvalue weighted by molar-refractivity contribution is -0.902. The van der Waals surface area contributed by atoms with Gasteiger partial charge in [-0.1, -0.05) is 0 Å². The van der Waals surface area contributed by atoms with Gasteiger partial charge < -0.3 is 19.9 Å². The van der Waals surface area contributed by atoms with Crippen LogP contribution in [0.4, 0.5) is 0 Å². The number of nitrogens with zero attached hydrogens (tertiary/aromatic N) is 1. The zero-order chi connectivity index (χ0) is 12.5. The molecule has 1 rings (SSSR count). The lowest BCUT2D eigenvalue weighted by Gasteiger charge is -2.33. The number of quaternary nitrogens is 1. The first kappa shape index (κ1) is 14.7. The van der Waals surface area contributed by atoms with E-state index in [0.717, 1.165) is 44.4 Å². The van der Waals surface area contributed by atoms with Crippen LogP contribution in [0.5, 0.6) is 0 Å². The molecule has 0 aliphatic carbocycles. The fraction of sp³-hybridized carbons (Fsp3) is 0.917. The van der Waals surface area contributed by atoms with Crippen molar-refractivity contribution in [2.45, 2.75) is 20.3 Å². The van der Waals surface area contributed by atoms with Crippen molar-refractivity contribution in [1.29, 1.82) is 0 Å². The third-order valence-corrected chi connectivity index (χ3v) is 3.61. The third kappa shape index (κ3) is 5.66. The van der Waals surface area contributed by atoms with Gasteiger partial charge in [0.15, 0.2) is 5.11 Å². The molecule has 1 aliphatic rings. The van der Waals surface area contributed by atoms with Gasteiger partial charge in [0.25, 0.3) is 0 Å². The van der Waals surface area contributed by atoms with Gasteiger partial charge in [0, 0.05) is 19.8 Å². The van der Waals surface area contributed by atoms with Gasteiger partial charge in [0.1, 0.15) is 0 Å². The molecule has 17 heavy (non-hydrogen) atoms. The Labute approximate surface area is 110 Å². The molecule has 5 heteroatoms. The number of rotatable bonds is 6. The van der Waals surface area contributed by atoms with Crippen molar-refractivity contribution in [2.24, 2.45) is 0 Å². The SMILES string of the molecule is CCOCCCNC(=S)N1CC[NH+](CC)CC1. The summed E-state index contributed by atoms with van der Waals surface area (Å²) in [6.45, 7) is 12.6. The smallest absolute Gasteiger partial charge is 0.169 e. The highest BCUT2D eigenvalue weighted by Gasteiger charge is 2.19. The van der Waals surface area contributed by atoms with Crippen LogP contribution < -0.4 is 10.2 Å². The largest absolute Gasteiger partial charge is 0.382 e. The van der Waals surface area contributed by atoms with Crippen molar-refractivity contribution in [3.8, 4) is 0 Å². The minimum atomic E-state index is 0.798. The van der Waals surface area contributed by atoms with E-state index in [2.05, 4.69) is 17.1 Å². The van der Waals surface area contributed by atoms with Gasteiger partial charge >= 0.3 is 0 Å². The maximum absolute atomic E-state index is 5.39. The van der Waals surface area contributed by atoms with E-state index in [-0.39, 0.29) is 0 Å². The molecule has 0 unspecified atom stereocenters. The van der Waals surface area contributed by atoms with Crippen LogP contribution in [0.15, 0.2) is 0 Å². The molecule has 0 aromatic rings. The first-order valence-electron chi connectivity index (χ1n) is 6.72. The highest BCUT2D eigenvalue weighted by molar-refractivity contribution is 7.80. The Hall–Kier alpha value is -0.390. The standard InChI is InChI=1S/C12H25N3OS/c1-3-14-7-9-15(10-8-14)12(17)13-6-5-11-16-4-2/h3-11H2,1-2H3,(H,13,17)/p+1. The van der Waals surface area contributed by atoms with Gasteiger partial charge in [-0.15, -0.1) is 0 Å². The van der Waals surface area contributed by atoms with Crippen LogP contribution in [-0.2, 0) is 4.74 Å². The van der Waals surface area contributed by atoms with E-state index in [1.165, 1.54) is 19.6 Å². The first-order chi connectivity index (χ1) is 8.27. The lowest BCUT2D eigenvalue weighted by atomic mass is 10.3. The number of likely N-dealkylation sites (N-methyl/N-ethyl adjacent to an activating group) is 1. The second-order valence-corrected chi connectivity index (χ2v) is 4.76. The topological polar surface area (TPSA) is 28.9 Å². The fourth-order valence-corrected chi connectivity index (χ4v) is 2.29. The molecule has 2 N–H and O–H groups in total.